The molecule has 94 valence electrons. The van der Waals surface area contributed by atoms with Crippen LogP contribution < -0.4 is 0 Å². The summed E-state index contributed by atoms with van der Waals surface area (Å²) >= 11 is 0. The molecule has 0 bridgehead atoms. The maximum atomic E-state index is 13.1. The van der Waals surface area contributed by atoms with Gasteiger partial charge in [-0.25, -0.2) is 4.39 Å². The Morgan fingerprint density at radius 3 is 2.53 bits per heavy atom. The molecule has 1 aliphatic rings. The van der Waals surface area contributed by atoms with E-state index in [-0.39, 0.29) is 11.2 Å². The van der Waals surface area contributed by atoms with Gasteiger partial charge >= 0.3 is 0 Å². The van der Waals surface area contributed by atoms with E-state index in [1.807, 2.05) is 6.92 Å². The van der Waals surface area contributed by atoms with Crippen LogP contribution in [0, 0.1) is 18.2 Å². The van der Waals surface area contributed by atoms with Crippen LogP contribution in [-0.4, -0.2) is 5.11 Å². The highest BCUT2D eigenvalue weighted by atomic mass is 19.1. The molecule has 1 aliphatic carbocycles. The van der Waals surface area contributed by atoms with Crippen molar-refractivity contribution in [2.45, 2.75) is 52.1 Å². The van der Waals surface area contributed by atoms with Crippen molar-refractivity contribution in [2.24, 2.45) is 5.41 Å². The predicted molar refractivity (Wildman–Crippen MR) is 67.3 cm³/mol. The minimum absolute atomic E-state index is 0.161. The molecular formula is C15H21FO. The predicted octanol–water partition coefficient (Wildman–Crippen LogP) is 3.92. The lowest BCUT2D eigenvalue weighted by Gasteiger charge is -2.42. The Balaban J connectivity index is 2.37. The van der Waals surface area contributed by atoms with Gasteiger partial charge in [0, 0.05) is 0 Å². The van der Waals surface area contributed by atoms with Crippen molar-refractivity contribution in [3.05, 3.63) is 35.1 Å². The number of aliphatic hydroxyl groups is 1. The first-order chi connectivity index (χ1) is 7.82. The molecule has 0 amide bonds. The molecule has 0 heterocycles. The van der Waals surface area contributed by atoms with Gasteiger partial charge in [-0.15, -0.1) is 0 Å². The van der Waals surface area contributed by atoms with Crippen LogP contribution in [0.5, 0.6) is 0 Å². The van der Waals surface area contributed by atoms with E-state index in [9.17, 15) is 9.50 Å². The minimum atomic E-state index is -0.778. The molecule has 1 fully saturated rings. The standard InChI is InChI=1S/C15H21FO/c1-11-9-12(16)5-6-13(11)15(17)8-4-7-14(2,3)10-15/h5-6,9,17H,4,7-8,10H2,1-3H3. The molecular weight excluding hydrogens is 215 g/mol. The fourth-order valence-corrected chi connectivity index (χ4v) is 3.21. The number of hydrogen-bond acceptors (Lipinski definition) is 1. The zero-order chi connectivity index (χ0) is 12.7. The third-order valence-corrected chi connectivity index (χ3v) is 3.90. The number of hydrogen-bond donors (Lipinski definition) is 1. The van der Waals surface area contributed by atoms with E-state index in [4.69, 9.17) is 0 Å². The van der Waals surface area contributed by atoms with Crippen LogP contribution >= 0.6 is 0 Å². The van der Waals surface area contributed by atoms with Crippen molar-refractivity contribution < 1.29 is 9.50 Å². The summed E-state index contributed by atoms with van der Waals surface area (Å²) < 4.78 is 13.1. The highest BCUT2D eigenvalue weighted by molar-refractivity contribution is 5.32. The molecule has 2 heteroatoms. The Kier molecular flexibility index (Phi) is 3.03. The summed E-state index contributed by atoms with van der Waals surface area (Å²) in [7, 11) is 0. The largest absolute Gasteiger partial charge is 0.385 e. The summed E-state index contributed by atoms with van der Waals surface area (Å²) in [5, 5.41) is 10.8. The number of aryl methyl sites for hydroxylation is 1. The van der Waals surface area contributed by atoms with E-state index in [0.29, 0.717) is 0 Å². The van der Waals surface area contributed by atoms with Gasteiger partial charge in [-0.05, 0) is 61.3 Å². The molecule has 1 aromatic carbocycles. The second kappa shape index (κ2) is 4.09. The van der Waals surface area contributed by atoms with Crippen LogP contribution in [0.4, 0.5) is 4.39 Å². The SMILES string of the molecule is Cc1cc(F)ccc1C1(O)CCCC(C)(C)C1. The summed E-state index contributed by atoms with van der Waals surface area (Å²) in [6.07, 6.45) is 3.71. The normalized spacial score (nSPS) is 28.1. The van der Waals surface area contributed by atoms with E-state index in [1.54, 1.807) is 6.07 Å². The van der Waals surface area contributed by atoms with Crippen LogP contribution in [0.25, 0.3) is 0 Å². The third kappa shape index (κ3) is 2.52. The highest BCUT2D eigenvalue weighted by Gasteiger charge is 2.40. The summed E-state index contributed by atoms with van der Waals surface area (Å²) in [5.74, 6) is -0.232. The van der Waals surface area contributed by atoms with Crippen LogP contribution in [0.2, 0.25) is 0 Å². The summed E-state index contributed by atoms with van der Waals surface area (Å²) in [4.78, 5) is 0. The van der Waals surface area contributed by atoms with Gasteiger partial charge in [-0.2, -0.15) is 0 Å². The van der Waals surface area contributed by atoms with Gasteiger partial charge in [0.2, 0.25) is 0 Å². The molecule has 2 rings (SSSR count). The van der Waals surface area contributed by atoms with E-state index < -0.39 is 5.60 Å². The van der Waals surface area contributed by atoms with Crippen LogP contribution in [0.1, 0.15) is 50.7 Å². The van der Waals surface area contributed by atoms with E-state index >= 15 is 0 Å². The lowest BCUT2D eigenvalue weighted by atomic mass is 9.67. The maximum absolute atomic E-state index is 13.1. The van der Waals surface area contributed by atoms with Gasteiger partial charge in [0.05, 0.1) is 5.60 Å². The summed E-state index contributed by atoms with van der Waals surface area (Å²) in [5.41, 5.74) is 1.13. The molecule has 1 saturated carbocycles. The quantitative estimate of drug-likeness (QED) is 0.783. The van der Waals surface area contributed by atoms with Gasteiger partial charge in [-0.1, -0.05) is 19.9 Å². The fourth-order valence-electron chi connectivity index (χ4n) is 3.21. The topological polar surface area (TPSA) is 20.2 Å². The second-order valence-corrected chi connectivity index (χ2v) is 6.19. The average Bonchev–Trinajstić information content (AvgIpc) is 2.14. The van der Waals surface area contributed by atoms with Crippen molar-refractivity contribution >= 4 is 0 Å². The van der Waals surface area contributed by atoms with E-state index in [0.717, 1.165) is 36.8 Å². The Labute approximate surface area is 103 Å². The third-order valence-electron chi connectivity index (χ3n) is 3.90. The van der Waals surface area contributed by atoms with Gasteiger partial charge in [0.25, 0.3) is 0 Å². The molecule has 1 aromatic rings. The molecule has 1 N–H and O–H groups in total. The molecule has 1 unspecified atom stereocenters. The van der Waals surface area contributed by atoms with Crippen LogP contribution in [0.3, 0.4) is 0 Å². The molecule has 17 heavy (non-hydrogen) atoms. The molecule has 0 aliphatic heterocycles. The Hall–Kier alpha value is -0.890. The number of benzene rings is 1. The van der Waals surface area contributed by atoms with E-state index in [1.165, 1.54) is 12.1 Å². The monoisotopic (exact) mass is 236 g/mol. The Morgan fingerprint density at radius 2 is 1.94 bits per heavy atom. The summed E-state index contributed by atoms with van der Waals surface area (Å²) in [6.45, 7) is 6.25. The van der Waals surface area contributed by atoms with Crippen molar-refractivity contribution in [3.63, 3.8) is 0 Å². The molecule has 0 radical (unpaired) electrons. The molecule has 1 atom stereocenters. The highest BCUT2D eigenvalue weighted by Crippen LogP contribution is 2.46. The van der Waals surface area contributed by atoms with Crippen molar-refractivity contribution in [1.82, 2.24) is 0 Å². The van der Waals surface area contributed by atoms with Gasteiger partial charge in [0.1, 0.15) is 5.82 Å². The smallest absolute Gasteiger partial charge is 0.123 e. The Bertz CT molecular complexity index is 425. The second-order valence-electron chi connectivity index (χ2n) is 6.19. The number of halogens is 1. The molecule has 0 saturated heterocycles. The maximum Gasteiger partial charge on any atom is 0.123 e. The Morgan fingerprint density at radius 1 is 1.24 bits per heavy atom. The first kappa shape index (κ1) is 12.6. The molecule has 1 nitrogen and oxygen atoms in total. The van der Waals surface area contributed by atoms with Gasteiger partial charge in [0.15, 0.2) is 0 Å². The van der Waals surface area contributed by atoms with E-state index in [2.05, 4.69) is 13.8 Å². The van der Waals surface area contributed by atoms with Gasteiger partial charge in [-0.3, -0.25) is 0 Å². The van der Waals surface area contributed by atoms with Crippen LogP contribution in [0.15, 0.2) is 18.2 Å². The fraction of sp³-hybridized carbons (Fsp3) is 0.600. The molecule has 0 aromatic heterocycles. The summed E-state index contributed by atoms with van der Waals surface area (Å²) in [6, 6.07) is 4.70. The first-order valence-corrected chi connectivity index (χ1v) is 6.31. The molecule has 0 spiro atoms. The first-order valence-electron chi connectivity index (χ1n) is 6.31. The average molecular weight is 236 g/mol. The zero-order valence-corrected chi connectivity index (χ0v) is 10.9. The van der Waals surface area contributed by atoms with Crippen molar-refractivity contribution in [1.29, 1.82) is 0 Å². The minimum Gasteiger partial charge on any atom is -0.385 e. The van der Waals surface area contributed by atoms with Crippen LogP contribution in [-0.2, 0) is 5.60 Å². The van der Waals surface area contributed by atoms with Gasteiger partial charge < -0.3 is 5.11 Å². The van der Waals surface area contributed by atoms with Crippen molar-refractivity contribution in [2.75, 3.05) is 0 Å². The number of rotatable bonds is 1. The lowest BCUT2D eigenvalue weighted by molar-refractivity contribution is -0.0445. The lowest BCUT2D eigenvalue weighted by Crippen LogP contribution is -2.37. The zero-order valence-electron chi connectivity index (χ0n) is 10.9. The van der Waals surface area contributed by atoms with Crippen molar-refractivity contribution in [3.8, 4) is 0 Å².